The lowest BCUT2D eigenvalue weighted by molar-refractivity contribution is -0.139. The Hall–Kier alpha value is -4.88. The number of esters is 1. The number of carbonyl (C=O) groups is 2. The van der Waals surface area contributed by atoms with Gasteiger partial charge in [-0.25, -0.2) is 19.7 Å². The Balaban J connectivity index is 1.53. The molecule has 3 atom stereocenters. The van der Waals surface area contributed by atoms with Crippen molar-refractivity contribution >= 4 is 37.2 Å². The van der Waals surface area contributed by atoms with Crippen LogP contribution in [0.5, 0.6) is 0 Å². The van der Waals surface area contributed by atoms with E-state index in [1.165, 1.54) is 18.7 Å². The fourth-order valence-corrected chi connectivity index (χ4v) is 5.98. The minimum Gasteiger partial charge on any atom is -0.458 e. The smallest absolute Gasteiger partial charge is 0.331 e. The van der Waals surface area contributed by atoms with Crippen molar-refractivity contribution in [3.63, 3.8) is 0 Å². The first-order chi connectivity index (χ1) is 22.0. The lowest BCUT2D eigenvalue weighted by Crippen LogP contribution is -2.45. The van der Waals surface area contributed by atoms with Gasteiger partial charge in [0.2, 0.25) is 0 Å². The number of nitrogens with one attached hydrogen (secondary N) is 1. The second kappa shape index (κ2) is 13.6. The Kier molecular flexibility index (Phi) is 9.63. The third-order valence-electron chi connectivity index (χ3n) is 8.21. The lowest BCUT2D eigenvalue weighted by atomic mass is 10.1. The van der Waals surface area contributed by atoms with E-state index in [1.54, 1.807) is 28.8 Å². The van der Waals surface area contributed by atoms with Crippen LogP contribution in [-0.2, 0) is 25.3 Å². The molecule has 238 valence electrons. The second-order valence-electron chi connectivity index (χ2n) is 12.3. The van der Waals surface area contributed by atoms with Crippen LogP contribution < -0.4 is 5.32 Å². The summed E-state index contributed by atoms with van der Waals surface area (Å²) in [6, 6.07) is 18.1. The number of aromatic nitrogens is 4. The van der Waals surface area contributed by atoms with E-state index in [2.05, 4.69) is 64.2 Å². The molecule has 3 heterocycles. The van der Waals surface area contributed by atoms with Gasteiger partial charge in [0.25, 0.3) is 5.91 Å². The van der Waals surface area contributed by atoms with E-state index in [0.717, 1.165) is 5.56 Å². The first kappa shape index (κ1) is 32.5. The normalized spacial score (nSPS) is 19.2. The molecule has 0 aliphatic carbocycles. The van der Waals surface area contributed by atoms with E-state index in [4.69, 9.17) is 19.4 Å². The molecule has 14 heteroatoms. The van der Waals surface area contributed by atoms with Crippen LogP contribution in [0.3, 0.4) is 0 Å². The molecule has 0 spiro atoms. The Morgan fingerprint density at radius 1 is 1.09 bits per heavy atom. The highest BCUT2D eigenvalue weighted by Crippen LogP contribution is 2.44. The molecule has 1 N–H and O–H groups in total. The van der Waals surface area contributed by atoms with Gasteiger partial charge in [-0.2, -0.15) is 0 Å². The van der Waals surface area contributed by atoms with Crippen LogP contribution in [0.15, 0.2) is 90.1 Å². The van der Waals surface area contributed by atoms with Crippen LogP contribution in [0.2, 0.25) is 18.1 Å². The van der Waals surface area contributed by atoms with E-state index in [0.29, 0.717) is 22.3 Å². The average molecular weight is 641 g/mol. The predicted octanol–water partition coefficient (Wildman–Crippen LogP) is 6.35. The molecule has 1 amide bonds. The van der Waals surface area contributed by atoms with Crippen molar-refractivity contribution in [3.05, 3.63) is 107 Å². The van der Waals surface area contributed by atoms with Crippen LogP contribution in [0, 0.1) is 0 Å². The van der Waals surface area contributed by atoms with Crippen LogP contribution in [0.25, 0.3) is 21.6 Å². The van der Waals surface area contributed by atoms with E-state index in [1.807, 2.05) is 36.4 Å². The fraction of sp³-hybridized carbons (Fsp3) is 0.344. The zero-order valence-corrected chi connectivity index (χ0v) is 27.3. The van der Waals surface area contributed by atoms with Crippen molar-refractivity contribution < 1.29 is 23.5 Å². The highest BCUT2D eigenvalue weighted by Gasteiger charge is 2.48. The number of ether oxygens (including phenoxy) is 2. The summed E-state index contributed by atoms with van der Waals surface area (Å²) in [6.07, 6.45) is 1.81. The van der Waals surface area contributed by atoms with E-state index < -0.39 is 32.7 Å². The number of amides is 1. The second-order valence-corrected chi connectivity index (χ2v) is 17.1. The van der Waals surface area contributed by atoms with Crippen molar-refractivity contribution in [2.75, 3.05) is 11.9 Å². The van der Waals surface area contributed by atoms with Crippen LogP contribution in [0.1, 0.15) is 42.9 Å². The molecule has 0 unspecified atom stereocenters. The van der Waals surface area contributed by atoms with Gasteiger partial charge in [-0.05, 0) is 46.9 Å². The molecule has 1 fully saturated rings. The van der Waals surface area contributed by atoms with Crippen molar-refractivity contribution in [1.29, 1.82) is 0 Å². The molecule has 4 aromatic rings. The zero-order valence-electron chi connectivity index (χ0n) is 26.3. The van der Waals surface area contributed by atoms with Crippen LogP contribution in [-0.4, -0.2) is 58.5 Å². The van der Waals surface area contributed by atoms with Gasteiger partial charge in [-0.1, -0.05) is 74.4 Å². The third-order valence-corrected chi connectivity index (χ3v) is 12.7. The summed E-state index contributed by atoms with van der Waals surface area (Å²) in [5, 5.41) is 6.39. The minimum absolute atomic E-state index is 0.0812. The summed E-state index contributed by atoms with van der Waals surface area (Å²) in [4.78, 5) is 42.3. The molecule has 0 radical (unpaired) electrons. The Morgan fingerprint density at radius 3 is 2.46 bits per heavy atom. The molecule has 0 saturated carbocycles. The summed E-state index contributed by atoms with van der Waals surface area (Å²) < 4.78 is 20.7. The maximum atomic E-state index is 13.2. The van der Waals surface area contributed by atoms with Crippen LogP contribution >= 0.6 is 0 Å². The van der Waals surface area contributed by atoms with Gasteiger partial charge in [0, 0.05) is 16.6 Å². The van der Waals surface area contributed by atoms with Gasteiger partial charge in [-0.3, -0.25) is 9.36 Å². The number of hydrogen-bond donors (Lipinski definition) is 1. The quantitative estimate of drug-likeness (QED) is 0.0523. The Bertz CT molecular complexity index is 1780. The number of nitrogens with zero attached hydrogens (tertiary/aromatic N) is 7. The van der Waals surface area contributed by atoms with Crippen molar-refractivity contribution in [2.24, 2.45) is 5.11 Å². The number of fused-ring (bicyclic) bond motifs is 1. The fourth-order valence-electron chi connectivity index (χ4n) is 4.74. The highest BCUT2D eigenvalue weighted by atomic mass is 28.4. The molecular weight excluding hydrogens is 604 g/mol. The summed E-state index contributed by atoms with van der Waals surface area (Å²) in [7, 11) is -2.49. The molecule has 46 heavy (non-hydrogen) atoms. The largest absolute Gasteiger partial charge is 0.458 e. The zero-order chi connectivity index (χ0) is 32.9. The van der Waals surface area contributed by atoms with Crippen LogP contribution in [0.4, 0.5) is 5.82 Å². The van der Waals surface area contributed by atoms with E-state index in [9.17, 15) is 9.59 Å². The summed E-state index contributed by atoms with van der Waals surface area (Å²) in [6.45, 7) is 10.5. The maximum Gasteiger partial charge on any atom is 0.331 e. The molecule has 1 saturated heterocycles. The molecule has 0 bridgehead atoms. The van der Waals surface area contributed by atoms with Gasteiger partial charge in [-0.15, -0.1) is 0 Å². The number of anilines is 1. The maximum absolute atomic E-state index is 13.2. The first-order valence-electron chi connectivity index (χ1n) is 14.8. The van der Waals surface area contributed by atoms with Gasteiger partial charge in [0.1, 0.15) is 19.0 Å². The van der Waals surface area contributed by atoms with Crippen molar-refractivity contribution in [3.8, 4) is 0 Å². The lowest BCUT2D eigenvalue weighted by Gasteiger charge is -2.39. The number of benzene rings is 2. The van der Waals surface area contributed by atoms with Gasteiger partial charge >= 0.3 is 5.97 Å². The third kappa shape index (κ3) is 7.16. The van der Waals surface area contributed by atoms with E-state index in [-0.39, 0.29) is 29.9 Å². The molecule has 13 nitrogen and oxygen atoms in total. The number of carbonyl (C=O) groups excluding carboxylic acids is 2. The molecule has 5 rings (SSSR count). The highest BCUT2D eigenvalue weighted by molar-refractivity contribution is 6.74. The number of azide groups is 1. The standard InChI is InChI=1S/C32H36N8O5Si/c1-32(2,3)46(4,5)45-27-23(16-25(41)43-18-21-12-8-6-9-13-21)24(17-37-39-33)44-31(27)40-20-36-26-28(34-19-35-29(26)40)38-30(42)22-14-10-7-11-15-22/h6-16,19-20,24,27,31H,17-18H2,1-5H3,(H,34,35,38,42)/b23-16+/t24-,27-,31-/m1/s1. The predicted molar refractivity (Wildman–Crippen MR) is 174 cm³/mol. The number of rotatable bonds is 10. The summed E-state index contributed by atoms with van der Waals surface area (Å²) in [5.41, 5.74) is 11.6. The van der Waals surface area contributed by atoms with Gasteiger partial charge < -0.3 is 19.2 Å². The van der Waals surface area contributed by atoms with Crippen molar-refractivity contribution in [1.82, 2.24) is 19.5 Å². The van der Waals surface area contributed by atoms with E-state index >= 15 is 0 Å². The summed E-state index contributed by atoms with van der Waals surface area (Å²) in [5.74, 6) is -0.704. The number of hydrogen-bond acceptors (Lipinski definition) is 9. The molecule has 1 aliphatic heterocycles. The number of imidazole rings is 1. The molecular formula is C32H36N8O5Si. The minimum atomic E-state index is -2.49. The first-order valence-corrected chi connectivity index (χ1v) is 17.7. The Labute approximate surface area is 267 Å². The monoisotopic (exact) mass is 640 g/mol. The van der Waals surface area contributed by atoms with Gasteiger partial charge in [0.15, 0.2) is 31.5 Å². The van der Waals surface area contributed by atoms with Gasteiger partial charge in [0.05, 0.1) is 19.0 Å². The summed E-state index contributed by atoms with van der Waals surface area (Å²) >= 11 is 0. The Morgan fingerprint density at radius 2 is 1.78 bits per heavy atom. The molecule has 1 aliphatic rings. The topological polar surface area (TPSA) is 166 Å². The SMILES string of the molecule is CC(C)(C)[Si](C)(C)O[C@@H]1/C(=C/C(=O)OCc2ccccc2)[C@@H](CN=[N+]=[N-])O[C@H]1n1cnc2c(NC(=O)c3ccccc3)ncnc21. The molecule has 2 aromatic heterocycles. The molecule has 2 aromatic carbocycles. The average Bonchev–Trinajstić information content (AvgIpc) is 3.61. The van der Waals surface area contributed by atoms with Crippen molar-refractivity contribution in [2.45, 2.75) is 63.9 Å².